The minimum atomic E-state index is 0.578. The first-order chi connectivity index (χ1) is 7.80. The zero-order valence-electron chi connectivity index (χ0n) is 10.4. The smallest absolute Gasteiger partial charge is 0.119 e. The third-order valence-corrected chi connectivity index (χ3v) is 4.46. The molecule has 0 N–H and O–H groups in total. The predicted molar refractivity (Wildman–Crippen MR) is 67.7 cm³/mol. The molecule has 0 saturated heterocycles. The van der Waals surface area contributed by atoms with Crippen LogP contribution < -0.4 is 4.74 Å². The number of rotatable bonds is 5. The summed E-state index contributed by atoms with van der Waals surface area (Å²) in [6.07, 6.45) is 5.33. The molecule has 1 heteroatoms. The Morgan fingerprint density at radius 2 is 1.88 bits per heavy atom. The molecular formula is C15H22O. The van der Waals surface area contributed by atoms with Gasteiger partial charge in [0.2, 0.25) is 0 Å². The lowest BCUT2D eigenvalue weighted by Crippen LogP contribution is -2.42. The van der Waals surface area contributed by atoms with Gasteiger partial charge in [-0.2, -0.15) is 0 Å². The van der Waals surface area contributed by atoms with Gasteiger partial charge in [0.1, 0.15) is 5.75 Å². The van der Waals surface area contributed by atoms with Crippen molar-refractivity contribution in [2.45, 2.75) is 39.5 Å². The Morgan fingerprint density at radius 1 is 1.19 bits per heavy atom. The van der Waals surface area contributed by atoms with Crippen LogP contribution in [-0.4, -0.2) is 6.61 Å². The Kier molecular flexibility index (Phi) is 3.52. The summed E-state index contributed by atoms with van der Waals surface area (Å²) in [6.45, 7) is 5.53. The molecule has 0 radical (unpaired) electrons. The molecule has 1 atom stereocenters. The Labute approximate surface area is 98.8 Å². The van der Waals surface area contributed by atoms with Gasteiger partial charge in [0.15, 0.2) is 0 Å². The minimum Gasteiger partial charge on any atom is -0.493 e. The first-order valence-corrected chi connectivity index (χ1v) is 6.48. The van der Waals surface area contributed by atoms with Gasteiger partial charge in [0.25, 0.3) is 0 Å². The van der Waals surface area contributed by atoms with Crippen LogP contribution in [0.1, 0.15) is 39.5 Å². The zero-order valence-corrected chi connectivity index (χ0v) is 10.4. The van der Waals surface area contributed by atoms with E-state index in [1.54, 1.807) is 0 Å². The van der Waals surface area contributed by atoms with Crippen LogP contribution in [0.5, 0.6) is 5.75 Å². The summed E-state index contributed by atoms with van der Waals surface area (Å²) in [5, 5.41) is 0. The lowest BCUT2D eigenvalue weighted by Gasteiger charge is -2.49. The molecule has 2 rings (SSSR count). The molecule has 1 aliphatic rings. The van der Waals surface area contributed by atoms with Crippen LogP contribution in [0.2, 0.25) is 0 Å². The Hall–Kier alpha value is -0.980. The van der Waals surface area contributed by atoms with Gasteiger partial charge in [-0.05, 0) is 36.3 Å². The molecule has 0 heterocycles. The Balaban J connectivity index is 1.87. The number of para-hydroxylation sites is 1. The highest BCUT2D eigenvalue weighted by atomic mass is 16.5. The fraction of sp³-hybridized carbons (Fsp3) is 0.600. The SMILES string of the molecule is CCC1(CC)CCC1COc1ccccc1. The molecule has 1 aromatic carbocycles. The van der Waals surface area contributed by atoms with E-state index in [0.29, 0.717) is 5.41 Å². The summed E-state index contributed by atoms with van der Waals surface area (Å²) in [6, 6.07) is 10.2. The second-order valence-corrected chi connectivity index (χ2v) is 4.93. The molecule has 0 spiro atoms. The number of benzene rings is 1. The molecule has 1 aliphatic carbocycles. The van der Waals surface area contributed by atoms with Gasteiger partial charge >= 0.3 is 0 Å². The summed E-state index contributed by atoms with van der Waals surface area (Å²) < 4.78 is 5.87. The molecule has 88 valence electrons. The van der Waals surface area contributed by atoms with Crippen molar-refractivity contribution in [3.63, 3.8) is 0 Å². The van der Waals surface area contributed by atoms with E-state index in [1.165, 1.54) is 25.7 Å². The molecule has 16 heavy (non-hydrogen) atoms. The van der Waals surface area contributed by atoms with Crippen LogP contribution in [0.15, 0.2) is 30.3 Å². The van der Waals surface area contributed by atoms with Crippen molar-refractivity contribution in [1.82, 2.24) is 0 Å². The summed E-state index contributed by atoms with van der Waals surface area (Å²) >= 11 is 0. The predicted octanol–water partition coefficient (Wildman–Crippen LogP) is 4.28. The molecular weight excluding hydrogens is 196 g/mol. The average molecular weight is 218 g/mol. The van der Waals surface area contributed by atoms with E-state index < -0.39 is 0 Å². The third-order valence-electron chi connectivity index (χ3n) is 4.46. The molecule has 1 saturated carbocycles. The molecule has 0 aliphatic heterocycles. The van der Waals surface area contributed by atoms with E-state index >= 15 is 0 Å². The van der Waals surface area contributed by atoms with Crippen molar-refractivity contribution in [3.05, 3.63) is 30.3 Å². The second kappa shape index (κ2) is 4.90. The molecule has 1 aromatic rings. The van der Waals surface area contributed by atoms with E-state index in [9.17, 15) is 0 Å². The Bertz CT molecular complexity index is 308. The molecule has 1 nitrogen and oxygen atoms in total. The fourth-order valence-electron chi connectivity index (χ4n) is 2.91. The minimum absolute atomic E-state index is 0.578. The topological polar surface area (TPSA) is 9.23 Å². The van der Waals surface area contributed by atoms with Gasteiger partial charge in [-0.3, -0.25) is 0 Å². The Morgan fingerprint density at radius 3 is 2.38 bits per heavy atom. The van der Waals surface area contributed by atoms with Crippen molar-refractivity contribution in [2.24, 2.45) is 11.3 Å². The van der Waals surface area contributed by atoms with Gasteiger partial charge in [-0.25, -0.2) is 0 Å². The monoisotopic (exact) mass is 218 g/mol. The van der Waals surface area contributed by atoms with Gasteiger partial charge in [0.05, 0.1) is 6.61 Å². The molecule has 0 bridgehead atoms. The fourth-order valence-corrected chi connectivity index (χ4v) is 2.91. The van der Waals surface area contributed by atoms with E-state index in [4.69, 9.17) is 4.74 Å². The maximum absolute atomic E-state index is 5.87. The number of hydrogen-bond acceptors (Lipinski definition) is 1. The summed E-state index contributed by atoms with van der Waals surface area (Å²) in [5.41, 5.74) is 0.578. The molecule has 0 aromatic heterocycles. The van der Waals surface area contributed by atoms with E-state index in [1.807, 2.05) is 30.3 Å². The summed E-state index contributed by atoms with van der Waals surface area (Å²) in [4.78, 5) is 0. The first kappa shape index (κ1) is 11.5. The van der Waals surface area contributed by atoms with E-state index in [-0.39, 0.29) is 0 Å². The van der Waals surface area contributed by atoms with Crippen molar-refractivity contribution < 1.29 is 4.74 Å². The summed E-state index contributed by atoms with van der Waals surface area (Å²) in [5.74, 6) is 1.78. The highest BCUT2D eigenvalue weighted by molar-refractivity contribution is 5.21. The molecule has 0 amide bonds. The van der Waals surface area contributed by atoms with Crippen LogP contribution in [0, 0.1) is 11.3 Å². The maximum Gasteiger partial charge on any atom is 0.119 e. The standard InChI is InChI=1S/C15H22O/c1-3-15(4-2)11-10-13(15)12-16-14-8-6-5-7-9-14/h5-9,13H,3-4,10-12H2,1-2H3. The van der Waals surface area contributed by atoms with Gasteiger partial charge in [0, 0.05) is 0 Å². The molecule has 1 unspecified atom stereocenters. The van der Waals surface area contributed by atoms with Crippen LogP contribution in [0.25, 0.3) is 0 Å². The largest absolute Gasteiger partial charge is 0.493 e. The van der Waals surface area contributed by atoms with Crippen molar-refractivity contribution >= 4 is 0 Å². The van der Waals surface area contributed by atoms with Gasteiger partial charge in [-0.1, -0.05) is 44.9 Å². The lowest BCUT2D eigenvalue weighted by atomic mass is 9.57. The van der Waals surface area contributed by atoms with Crippen molar-refractivity contribution in [1.29, 1.82) is 0 Å². The second-order valence-electron chi connectivity index (χ2n) is 4.93. The van der Waals surface area contributed by atoms with E-state index in [0.717, 1.165) is 18.3 Å². The van der Waals surface area contributed by atoms with Crippen LogP contribution in [0.3, 0.4) is 0 Å². The maximum atomic E-state index is 5.87. The quantitative estimate of drug-likeness (QED) is 0.716. The summed E-state index contributed by atoms with van der Waals surface area (Å²) in [7, 11) is 0. The van der Waals surface area contributed by atoms with E-state index in [2.05, 4.69) is 13.8 Å². The average Bonchev–Trinajstić information content (AvgIpc) is 2.31. The number of ether oxygens (including phenoxy) is 1. The van der Waals surface area contributed by atoms with Gasteiger partial charge < -0.3 is 4.74 Å². The van der Waals surface area contributed by atoms with Crippen molar-refractivity contribution in [3.8, 4) is 5.75 Å². The first-order valence-electron chi connectivity index (χ1n) is 6.48. The van der Waals surface area contributed by atoms with Crippen LogP contribution in [-0.2, 0) is 0 Å². The lowest BCUT2D eigenvalue weighted by molar-refractivity contribution is -0.0111. The zero-order chi connectivity index (χ0) is 11.4. The third kappa shape index (κ3) is 2.09. The highest BCUT2D eigenvalue weighted by Crippen LogP contribution is 2.51. The molecule has 1 fully saturated rings. The van der Waals surface area contributed by atoms with Crippen molar-refractivity contribution in [2.75, 3.05) is 6.61 Å². The van der Waals surface area contributed by atoms with Gasteiger partial charge in [-0.15, -0.1) is 0 Å². The number of hydrogen-bond donors (Lipinski definition) is 0. The highest BCUT2D eigenvalue weighted by Gasteiger charge is 2.43. The van der Waals surface area contributed by atoms with Crippen LogP contribution >= 0.6 is 0 Å². The normalized spacial score (nSPS) is 22.5. The van der Waals surface area contributed by atoms with Crippen LogP contribution in [0.4, 0.5) is 0 Å².